The van der Waals surface area contributed by atoms with E-state index < -0.39 is 5.67 Å². The van der Waals surface area contributed by atoms with Crippen LogP contribution in [0, 0.1) is 13.5 Å². The van der Waals surface area contributed by atoms with Gasteiger partial charge in [-0.25, -0.2) is 9.24 Å². The summed E-state index contributed by atoms with van der Waals surface area (Å²) in [6.07, 6.45) is 0. The molecule has 2 aromatic carbocycles. The largest absolute Gasteiger partial charge is 0.332 e. The quantitative estimate of drug-likeness (QED) is 0.402. The van der Waals surface area contributed by atoms with Crippen LogP contribution in [0.3, 0.4) is 0 Å². The molecule has 6 nitrogen and oxygen atoms in total. The predicted octanol–water partition coefficient (Wildman–Crippen LogP) is 5.71. The maximum absolute atomic E-state index is 14.0. The first-order chi connectivity index (χ1) is 14.3. The van der Waals surface area contributed by atoms with E-state index >= 15 is 0 Å². The van der Waals surface area contributed by atoms with Gasteiger partial charge in [0.2, 0.25) is 5.82 Å². The highest BCUT2D eigenvalue weighted by Gasteiger charge is 2.19. The molecule has 0 spiro atoms. The number of aryl methyl sites for hydroxylation is 1. The third-order valence-electron chi connectivity index (χ3n) is 4.85. The minimum atomic E-state index is -1.40. The summed E-state index contributed by atoms with van der Waals surface area (Å²) < 4.78 is 21.3. The average molecular weight is 401 g/mol. The Hall–Kier alpha value is -3.79. The van der Waals surface area contributed by atoms with Crippen LogP contribution in [0.15, 0.2) is 59.1 Å². The van der Waals surface area contributed by atoms with Gasteiger partial charge in [-0.1, -0.05) is 53.7 Å². The van der Waals surface area contributed by atoms with Crippen molar-refractivity contribution >= 4 is 5.69 Å². The molecule has 4 aromatic rings. The van der Waals surface area contributed by atoms with Crippen LogP contribution in [0.2, 0.25) is 0 Å². The Morgan fingerprint density at radius 2 is 1.80 bits per heavy atom. The first kappa shape index (κ1) is 19.5. The van der Waals surface area contributed by atoms with Crippen LogP contribution in [-0.2, 0) is 12.2 Å². The van der Waals surface area contributed by atoms with Gasteiger partial charge in [0.15, 0.2) is 11.4 Å². The smallest absolute Gasteiger partial charge is 0.278 e. The van der Waals surface area contributed by atoms with E-state index in [-0.39, 0.29) is 0 Å². The summed E-state index contributed by atoms with van der Waals surface area (Å²) in [4.78, 5) is 7.85. The highest BCUT2D eigenvalue weighted by atomic mass is 19.1. The van der Waals surface area contributed by atoms with Crippen molar-refractivity contribution in [1.29, 1.82) is 0 Å². The van der Waals surface area contributed by atoms with Gasteiger partial charge in [0.05, 0.1) is 13.1 Å². The van der Waals surface area contributed by atoms with E-state index in [1.165, 1.54) is 13.8 Å². The van der Waals surface area contributed by atoms with E-state index in [9.17, 15) is 4.39 Å². The zero-order valence-electron chi connectivity index (χ0n) is 16.9. The number of alkyl halides is 1. The van der Waals surface area contributed by atoms with Crippen molar-refractivity contribution in [1.82, 2.24) is 19.9 Å². The first-order valence-corrected chi connectivity index (χ1v) is 9.48. The van der Waals surface area contributed by atoms with Gasteiger partial charge in [0.25, 0.3) is 5.89 Å². The number of hydrogen-bond acceptors (Lipinski definition) is 4. The highest BCUT2D eigenvalue weighted by molar-refractivity contribution is 5.58. The zero-order valence-corrected chi connectivity index (χ0v) is 16.9. The van der Waals surface area contributed by atoms with Crippen molar-refractivity contribution in [3.8, 4) is 23.0 Å². The highest BCUT2D eigenvalue weighted by Crippen LogP contribution is 2.28. The molecule has 30 heavy (non-hydrogen) atoms. The molecule has 4 rings (SSSR count). The molecular formula is C23H20FN5O. The molecule has 7 heteroatoms. The van der Waals surface area contributed by atoms with Crippen LogP contribution < -0.4 is 0 Å². The van der Waals surface area contributed by atoms with Gasteiger partial charge in [-0.2, -0.15) is 10.1 Å². The van der Waals surface area contributed by atoms with Crippen LogP contribution in [0.1, 0.15) is 30.7 Å². The van der Waals surface area contributed by atoms with Gasteiger partial charge in [0.1, 0.15) is 5.67 Å². The second-order valence-corrected chi connectivity index (χ2v) is 7.58. The van der Waals surface area contributed by atoms with Crippen molar-refractivity contribution in [2.24, 2.45) is 0 Å². The zero-order chi connectivity index (χ0) is 21.3. The monoisotopic (exact) mass is 401 g/mol. The SMILES string of the molecule is [C-]#[N+]c1ccc(Cn2nc(-c3nc(-c4ccc(C(C)(C)F)cc4)no3)cc2C)cc1. The number of rotatable bonds is 5. The van der Waals surface area contributed by atoms with E-state index in [1.54, 1.807) is 36.4 Å². The van der Waals surface area contributed by atoms with Gasteiger partial charge >= 0.3 is 0 Å². The van der Waals surface area contributed by atoms with E-state index in [1.807, 2.05) is 29.8 Å². The Morgan fingerprint density at radius 1 is 1.10 bits per heavy atom. The van der Waals surface area contributed by atoms with Gasteiger partial charge in [0, 0.05) is 11.3 Å². The van der Waals surface area contributed by atoms with Crippen molar-refractivity contribution in [2.45, 2.75) is 33.0 Å². The summed E-state index contributed by atoms with van der Waals surface area (Å²) in [6.45, 7) is 12.6. The second-order valence-electron chi connectivity index (χ2n) is 7.58. The molecule has 150 valence electrons. The van der Waals surface area contributed by atoms with Crippen molar-refractivity contribution in [3.05, 3.63) is 82.8 Å². The van der Waals surface area contributed by atoms with E-state index in [0.717, 1.165) is 16.8 Å². The Kier molecular flexibility index (Phi) is 4.92. The number of hydrogen-bond donors (Lipinski definition) is 0. The molecule has 0 atom stereocenters. The molecule has 0 fully saturated rings. The molecule has 2 heterocycles. The summed E-state index contributed by atoms with van der Waals surface area (Å²) in [7, 11) is 0. The maximum atomic E-state index is 14.0. The average Bonchev–Trinajstić information content (AvgIpc) is 3.35. The summed E-state index contributed by atoms with van der Waals surface area (Å²) in [5.41, 5.74) is 3.13. The number of benzene rings is 2. The molecule has 0 aliphatic carbocycles. The lowest BCUT2D eigenvalue weighted by Gasteiger charge is -2.14. The lowest BCUT2D eigenvalue weighted by molar-refractivity contribution is 0.221. The van der Waals surface area contributed by atoms with E-state index in [2.05, 4.69) is 20.1 Å². The lowest BCUT2D eigenvalue weighted by Crippen LogP contribution is -2.08. The van der Waals surface area contributed by atoms with Crippen molar-refractivity contribution in [3.63, 3.8) is 0 Å². The molecule has 2 aromatic heterocycles. The Bertz CT molecular complexity index is 1210. The molecule has 0 saturated carbocycles. The molecule has 0 amide bonds. The summed E-state index contributed by atoms with van der Waals surface area (Å²) >= 11 is 0. The fourth-order valence-electron chi connectivity index (χ4n) is 3.08. The van der Waals surface area contributed by atoms with Gasteiger partial charge < -0.3 is 4.52 Å². The molecule has 0 aliphatic heterocycles. The lowest BCUT2D eigenvalue weighted by atomic mass is 9.99. The predicted molar refractivity (Wildman–Crippen MR) is 112 cm³/mol. The summed E-state index contributed by atoms with van der Waals surface area (Å²) in [6, 6.07) is 16.3. The number of aromatic nitrogens is 4. The van der Waals surface area contributed by atoms with Crippen molar-refractivity contribution in [2.75, 3.05) is 0 Å². The first-order valence-electron chi connectivity index (χ1n) is 9.48. The van der Waals surface area contributed by atoms with Gasteiger partial charge in [-0.15, -0.1) is 0 Å². The van der Waals surface area contributed by atoms with E-state index in [0.29, 0.717) is 35.2 Å². The second kappa shape index (κ2) is 7.56. The third kappa shape index (κ3) is 3.98. The van der Waals surface area contributed by atoms with Crippen LogP contribution in [0.5, 0.6) is 0 Å². The Morgan fingerprint density at radius 3 is 2.43 bits per heavy atom. The molecule has 0 N–H and O–H groups in total. The molecule has 0 bridgehead atoms. The molecule has 0 saturated heterocycles. The molecule has 0 aliphatic rings. The number of nitrogens with zero attached hydrogens (tertiary/aromatic N) is 5. The van der Waals surface area contributed by atoms with Crippen LogP contribution in [0.25, 0.3) is 27.8 Å². The van der Waals surface area contributed by atoms with Crippen LogP contribution >= 0.6 is 0 Å². The summed E-state index contributed by atoms with van der Waals surface area (Å²) in [5, 5.41) is 8.62. The third-order valence-corrected chi connectivity index (χ3v) is 4.85. The van der Waals surface area contributed by atoms with Gasteiger partial charge in [-0.3, -0.25) is 4.68 Å². The summed E-state index contributed by atoms with van der Waals surface area (Å²) in [5.74, 6) is 0.750. The minimum Gasteiger partial charge on any atom is -0.332 e. The molecule has 0 radical (unpaired) electrons. The fourth-order valence-corrected chi connectivity index (χ4v) is 3.08. The van der Waals surface area contributed by atoms with Crippen LogP contribution in [-0.4, -0.2) is 19.9 Å². The Balaban J connectivity index is 1.55. The van der Waals surface area contributed by atoms with Gasteiger partial charge in [-0.05, 0) is 38.0 Å². The normalized spacial score (nSPS) is 11.4. The van der Waals surface area contributed by atoms with Crippen molar-refractivity contribution < 1.29 is 8.91 Å². The Labute approximate surface area is 173 Å². The maximum Gasteiger partial charge on any atom is 0.278 e. The molecular weight excluding hydrogens is 381 g/mol. The topological polar surface area (TPSA) is 61.1 Å². The fraction of sp³-hybridized carbons (Fsp3) is 0.217. The number of halogens is 1. The van der Waals surface area contributed by atoms with E-state index in [4.69, 9.17) is 11.1 Å². The molecule has 0 unspecified atom stereocenters. The standard InChI is InChI=1S/C23H20FN5O/c1-15-13-20(27-29(15)14-16-5-11-19(25-4)12-6-16)22-26-21(28-30-22)17-7-9-18(10-8-17)23(2,3)24/h5-13H,14H2,1-3H3. The minimum absolute atomic E-state index is 0.324. The van der Waals surface area contributed by atoms with Crippen LogP contribution in [0.4, 0.5) is 10.1 Å².